The number of carbonyl (C=O) groups is 3. The maximum absolute atomic E-state index is 14.4. The summed E-state index contributed by atoms with van der Waals surface area (Å²) >= 11 is 0. The fraction of sp³-hybridized carbons (Fsp3) is 0.258. The van der Waals surface area contributed by atoms with Crippen LogP contribution in [0, 0.1) is 17.8 Å². The Morgan fingerprint density at radius 3 is 2.33 bits per heavy atom. The number of benzene rings is 3. The minimum Gasteiger partial charge on any atom is -0.296 e. The molecule has 2 saturated heterocycles. The number of para-hydroxylation sites is 2. The Hall–Kier alpha value is -4.43. The Labute approximate surface area is 224 Å². The Morgan fingerprint density at radius 2 is 1.62 bits per heavy atom. The number of imide groups is 1. The monoisotopic (exact) mass is 518 g/mol. The molecule has 1 aromatic heterocycles. The summed E-state index contributed by atoms with van der Waals surface area (Å²) in [6.07, 6.45) is 0. The van der Waals surface area contributed by atoms with E-state index in [1.54, 1.807) is 41.0 Å². The summed E-state index contributed by atoms with van der Waals surface area (Å²) in [5, 5.41) is 4.18. The first-order chi connectivity index (χ1) is 18.8. The zero-order chi connectivity index (χ0) is 27.2. The molecule has 4 heterocycles. The number of rotatable bonds is 3. The van der Waals surface area contributed by atoms with E-state index in [4.69, 9.17) is 4.98 Å². The third-order valence-electron chi connectivity index (χ3n) is 8.55. The van der Waals surface area contributed by atoms with Crippen molar-refractivity contribution in [3.63, 3.8) is 0 Å². The van der Waals surface area contributed by atoms with Crippen LogP contribution in [-0.2, 0) is 15.1 Å². The molecule has 7 rings (SSSR count). The molecule has 3 aliphatic rings. The van der Waals surface area contributed by atoms with E-state index in [-0.39, 0.29) is 35.1 Å². The zero-order valence-corrected chi connectivity index (χ0v) is 21.7. The van der Waals surface area contributed by atoms with Crippen molar-refractivity contribution in [3.8, 4) is 5.69 Å². The molecule has 0 bridgehead atoms. The van der Waals surface area contributed by atoms with Gasteiger partial charge in [0.1, 0.15) is 11.4 Å². The Kier molecular flexibility index (Phi) is 4.88. The van der Waals surface area contributed by atoms with Crippen LogP contribution in [0.5, 0.6) is 0 Å². The van der Waals surface area contributed by atoms with Crippen LogP contribution in [0.2, 0.25) is 0 Å². The number of Topliss-reactive ketones (excluding diaryl/α,β-unsaturated/α-hetero) is 1. The van der Waals surface area contributed by atoms with Crippen LogP contribution in [0.15, 0.2) is 77.6 Å². The number of hydrogen-bond donors (Lipinski definition) is 1. The summed E-state index contributed by atoms with van der Waals surface area (Å²) in [7, 11) is 0. The molecular weight excluding hydrogens is 492 g/mol. The van der Waals surface area contributed by atoms with E-state index in [0.29, 0.717) is 33.7 Å². The van der Waals surface area contributed by atoms with Crippen molar-refractivity contribution >= 4 is 34.2 Å². The molecule has 0 aliphatic carbocycles. The van der Waals surface area contributed by atoms with Gasteiger partial charge in [-0.2, -0.15) is 0 Å². The van der Waals surface area contributed by atoms with Crippen molar-refractivity contribution in [3.05, 3.63) is 100 Å². The van der Waals surface area contributed by atoms with Crippen LogP contribution in [0.1, 0.15) is 42.5 Å². The molecule has 194 valence electrons. The summed E-state index contributed by atoms with van der Waals surface area (Å²) in [5.41, 5.74) is 1.53. The van der Waals surface area contributed by atoms with Crippen molar-refractivity contribution in [2.45, 2.75) is 32.4 Å². The molecule has 0 radical (unpaired) electrons. The fourth-order valence-electron chi connectivity index (χ4n) is 6.82. The van der Waals surface area contributed by atoms with Gasteiger partial charge >= 0.3 is 0 Å². The smallest absolute Gasteiger partial charge is 0.266 e. The molecule has 4 atom stereocenters. The Bertz CT molecular complexity index is 1790. The van der Waals surface area contributed by atoms with Crippen molar-refractivity contribution < 1.29 is 14.4 Å². The van der Waals surface area contributed by atoms with Crippen molar-refractivity contribution in [1.82, 2.24) is 14.9 Å². The minimum absolute atomic E-state index is 0.0158. The third kappa shape index (κ3) is 2.95. The van der Waals surface area contributed by atoms with Crippen LogP contribution in [0.4, 0.5) is 5.69 Å². The molecule has 39 heavy (non-hydrogen) atoms. The van der Waals surface area contributed by atoms with E-state index in [1.165, 1.54) is 11.8 Å². The highest BCUT2D eigenvalue weighted by atomic mass is 16.2. The topological polar surface area (TPSA) is 101 Å². The number of nitrogens with zero attached hydrogens (tertiary/aromatic N) is 3. The summed E-state index contributed by atoms with van der Waals surface area (Å²) < 4.78 is 1.60. The molecule has 4 aromatic rings. The molecule has 8 heteroatoms. The number of hydrogen-bond acceptors (Lipinski definition) is 6. The zero-order valence-electron chi connectivity index (χ0n) is 21.7. The number of ketones is 1. The highest BCUT2D eigenvalue weighted by Crippen LogP contribution is 2.56. The largest absolute Gasteiger partial charge is 0.296 e. The fourth-order valence-corrected chi connectivity index (χ4v) is 6.82. The van der Waals surface area contributed by atoms with Gasteiger partial charge in [0.25, 0.3) is 5.56 Å². The molecule has 8 nitrogen and oxygen atoms in total. The first kappa shape index (κ1) is 23.7. The van der Waals surface area contributed by atoms with E-state index < -0.39 is 17.4 Å². The van der Waals surface area contributed by atoms with Gasteiger partial charge in [0.15, 0.2) is 5.78 Å². The molecule has 3 aliphatic heterocycles. The van der Waals surface area contributed by atoms with Gasteiger partial charge < -0.3 is 0 Å². The van der Waals surface area contributed by atoms with E-state index in [1.807, 2.05) is 50.2 Å². The maximum Gasteiger partial charge on any atom is 0.266 e. The lowest BCUT2D eigenvalue weighted by atomic mass is 9.75. The van der Waals surface area contributed by atoms with Crippen molar-refractivity contribution in [1.29, 1.82) is 0 Å². The van der Waals surface area contributed by atoms with Crippen LogP contribution in [0.3, 0.4) is 0 Å². The van der Waals surface area contributed by atoms with E-state index >= 15 is 0 Å². The van der Waals surface area contributed by atoms with Gasteiger partial charge in [-0.15, -0.1) is 0 Å². The highest BCUT2D eigenvalue weighted by Gasteiger charge is 2.70. The lowest BCUT2D eigenvalue weighted by molar-refractivity contribution is -0.123. The van der Waals surface area contributed by atoms with Gasteiger partial charge in [-0.1, -0.05) is 44.2 Å². The molecule has 2 fully saturated rings. The first-order valence-corrected chi connectivity index (χ1v) is 13.1. The molecule has 1 N–H and O–H groups in total. The highest BCUT2D eigenvalue weighted by molar-refractivity contribution is 6.23. The lowest BCUT2D eigenvalue weighted by Gasteiger charge is -2.32. The number of fused-ring (bicyclic) bond motifs is 8. The number of anilines is 1. The van der Waals surface area contributed by atoms with Gasteiger partial charge in [0, 0.05) is 17.2 Å². The third-order valence-corrected chi connectivity index (χ3v) is 8.55. The second kappa shape index (κ2) is 8.04. The molecule has 2 amide bonds. The Morgan fingerprint density at radius 1 is 0.923 bits per heavy atom. The van der Waals surface area contributed by atoms with Gasteiger partial charge in [-0.05, 0) is 55.3 Å². The van der Waals surface area contributed by atoms with Crippen LogP contribution in [0.25, 0.3) is 16.6 Å². The second-order valence-corrected chi connectivity index (χ2v) is 11.0. The number of aromatic nitrogens is 2. The molecular formula is C31H26N4O4. The van der Waals surface area contributed by atoms with Gasteiger partial charge in [0.2, 0.25) is 11.8 Å². The lowest BCUT2D eigenvalue weighted by Crippen LogP contribution is -2.51. The average molecular weight is 519 g/mol. The molecule has 2 unspecified atom stereocenters. The summed E-state index contributed by atoms with van der Waals surface area (Å²) in [4.78, 5) is 60.4. The van der Waals surface area contributed by atoms with E-state index in [0.717, 1.165) is 5.56 Å². The predicted octanol–water partition coefficient (Wildman–Crippen LogP) is 3.58. The summed E-state index contributed by atoms with van der Waals surface area (Å²) in [6, 6.07) is 20.9. The van der Waals surface area contributed by atoms with Crippen LogP contribution in [-0.4, -0.2) is 33.2 Å². The number of amides is 2. The number of carbonyl (C=O) groups excluding carboxylic acids is 3. The van der Waals surface area contributed by atoms with E-state index in [2.05, 4.69) is 5.32 Å². The molecule has 1 spiro atoms. The summed E-state index contributed by atoms with van der Waals surface area (Å²) in [5.74, 6) is -1.75. The minimum atomic E-state index is -1.17. The summed E-state index contributed by atoms with van der Waals surface area (Å²) in [6.45, 7) is 5.52. The van der Waals surface area contributed by atoms with E-state index in [9.17, 15) is 19.2 Å². The quantitative estimate of drug-likeness (QED) is 0.329. The van der Waals surface area contributed by atoms with Gasteiger partial charge in [-0.3, -0.25) is 29.1 Å². The first-order valence-electron chi connectivity index (χ1n) is 13.1. The molecule has 3 aromatic carbocycles. The van der Waals surface area contributed by atoms with Gasteiger partial charge in [-0.25, -0.2) is 9.88 Å². The maximum atomic E-state index is 14.4. The van der Waals surface area contributed by atoms with Crippen LogP contribution >= 0.6 is 0 Å². The van der Waals surface area contributed by atoms with Crippen molar-refractivity contribution in [2.24, 2.45) is 17.8 Å². The predicted molar refractivity (Wildman–Crippen MR) is 146 cm³/mol. The van der Waals surface area contributed by atoms with Crippen LogP contribution < -0.4 is 15.8 Å². The second-order valence-electron chi connectivity index (χ2n) is 11.0. The number of nitrogens with one attached hydrogen (secondary N) is 1. The average Bonchev–Trinajstić information content (AvgIpc) is 3.52. The van der Waals surface area contributed by atoms with Gasteiger partial charge in [0.05, 0.1) is 34.1 Å². The standard InChI is InChI=1S/C31H26N4O4/c1-16(2)26-24-25(29(39)34(28(24)38)19-14-12-18(13-15-19)17(3)36)31(33-26)21-9-5-7-11-23(21)35-27(37)20-8-4-6-10-22(20)32-30(31)35/h4-16,24-26,33H,1-3H3/t24-,25-,26?,31?/m1/s1. The molecule has 0 saturated carbocycles. The van der Waals surface area contributed by atoms with Crippen molar-refractivity contribution in [2.75, 3.05) is 4.90 Å². The SMILES string of the molecule is CC(=O)c1ccc(N2C(=O)[C@H]3C(C(C)C)NC4(c5ccccc5-n5c4nc4ccccc4c5=O)[C@H]3C2=O)cc1. The Balaban J connectivity index is 1.49. The normalized spacial score (nSPS) is 25.0.